The van der Waals surface area contributed by atoms with Crippen molar-refractivity contribution in [2.45, 2.75) is 26.3 Å². The monoisotopic (exact) mass is 262 g/mol. The second-order valence-corrected chi connectivity index (χ2v) is 4.44. The van der Waals surface area contributed by atoms with Crippen LogP contribution in [0.5, 0.6) is 0 Å². The van der Waals surface area contributed by atoms with Crippen LogP contribution >= 0.6 is 0 Å². The Morgan fingerprint density at radius 1 is 1.32 bits per heavy atom. The quantitative estimate of drug-likeness (QED) is 0.436. The molecule has 0 saturated carbocycles. The predicted molar refractivity (Wildman–Crippen MR) is 74.3 cm³/mol. The molecule has 0 spiro atoms. The van der Waals surface area contributed by atoms with Gasteiger partial charge in [-0.1, -0.05) is 19.4 Å². The van der Waals surface area contributed by atoms with Crippen molar-refractivity contribution in [3.8, 4) is 0 Å². The van der Waals surface area contributed by atoms with Crippen molar-refractivity contribution in [3.63, 3.8) is 0 Å². The van der Waals surface area contributed by atoms with Crippen molar-refractivity contribution in [2.24, 2.45) is 0 Å². The molecule has 1 aromatic heterocycles. The zero-order valence-corrected chi connectivity index (χ0v) is 11.0. The van der Waals surface area contributed by atoms with Gasteiger partial charge < -0.3 is 9.30 Å². The summed E-state index contributed by atoms with van der Waals surface area (Å²) in [5.41, 5.74) is 1.04. The van der Waals surface area contributed by atoms with Gasteiger partial charge in [0.1, 0.15) is 0 Å². The van der Waals surface area contributed by atoms with E-state index in [2.05, 4.69) is 6.92 Å². The van der Waals surface area contributed by atoms with Gasteiger partial charge in [0.15, 0.2) is 0 Å². The van der Waals surface area contributed by atoms with Crippen molar-refractivity contribution in [1.29, 1.82) is 0 Å². The highest BCUT2D eigenvalue weighted by Crippen LogP contribution is 2.26. The Morgan fingerprint density at radius 3 is 2.89 bits per heavy atom. The molecule has 2 aromatic rings. The fourth-order valence-electron chi connectivity index (χ4n) is 2.07. The Bertz CT molecular complexity index is 563. The van der Waals surface area contributed by atoms with Gasteiger partial charge in [-0.25, -0.2) is 0 Å². The summed E-state index contributed by atoms with van der Waals surface area (Å²) in [6, 6.07) is 6.94. The molecule has 1 heterocycles. The van der Waals surface area contributed by atoms with Gasteiger partial charge in [-0.2, -0.15) is 0 Å². The van der Waals surface area contributed by atoms with E-state index >= 15 is 0 Å². The van der Waals surface area contributed by atoms with Gasteiger partial charge in [0.2, 0.25) is 0 Å². The molecular formula is C14H18N2O3. The number of nitrogens with zero attached hydrogens (tertiary/aromatic N) is 2. The van der Waals surface area contributed by atoms with Gasteiger partial charge in [0.25, 0.3) is 5.69 Å². The van der Waals surface area contributed by atoms with E-state index in [4.69, 9.17) is 4.74 Å². The third-order valence-corrected chi connectivity index (χ3v) is 3.11. The highest BCUT2D eigenvalue weighted by molar-refractivity contribution is 5.89. The molecule has 0 aliphatic heterocycles. The summed E-state index contributed by atoms with van der Waals surface area (Å²) in [6.45, 7) is 4.25. The van der Waals surface area contributed by atoms with Crippen molar-refractivity contribution in [1.82, 2.24) is 4.57 Å². The fraction of sp³-hybridized carbons (Fsp3) is 0.429. The molecule has 1 aromatic carbocycles. The van der Waals surface area contributed by atoms with E-state index in [1.54, 1.807) is 12.1 Å². The summed E-state index contributed by atoms with van der Waals surface area (Å²) in [6.07, 6.45) is 4.07. The highest BCUT2D eigenvalue weighted by atomic mass is 16.6. The first-order chi connectivity index (χ1) is 9.24. The minimum atomic E-state index is -0.343. The normalized spacial score (nSPS) is 11.0. The maximum absolute atomic E-state index is 10.9. The molecule has 0 radical (unpaired) electrons. The summed E-state index contributed by atoms with van der Waals surface area (Å²) in [4.78, 5) is 10.6. The van der Waals surface area contributed by atoms with Crippen LogP contribution in [0.4, 0.5) is 5.69 Å². The summed E-state index contributed by atoms with van der Waals surface area (Å²) in [5, 5.41) is 11.6. The highest BCUT2D eigenvalue weighted by Gasteiger charge is 2.13. The third kappa shape index (κ3) is 3.12. The van der Waals surface area contributed by atoms with Crippen molar-refractivity contribution in [3.05, 3.63) is 40.6 Å². The third-order valence-electron chi connectivity index (χ3n) is 3.11. The number of benzene rings is 1. The van der Waals surface area contributed by atoms with E-state index < -0.39 is 0 Å². The number of non-ortho nitro benzene ring substituents is 1. The Morgan fingerprint density at radius 2 is 2.16 bits per heavy atom. The number of hydrogen-bond donors (Lipinski definition) is 0. The smallest absolute Gasteiger partial charge is 0.278 e. The van der Waals surface area contributed by atoms with E-state index in [9.17, 15) is 10.1 Å². The zero-order valence-electron chi connectivity index (χ0n) is 11.0. The van der Waals surface area contributed by atoms with E-state index in [1.807, 2.05) is 16.8 Å². The molecule has 2 rings (SSSR count). The number of ether oxygens (including phenoxy) is 1. The molecule has 0 fully saturated rings. The number of hydrogen-bond acceptors (Lipinski definition) is 3. The lowest BCUT2D eigenvalue weighted by molar-refractivity contribution is -0.383. The number of unbranched alkanes of at least 4 members (excludes halogenated alkanes) is 1. The molecule has 0 aliphatic rings. The van der Waals surface area contributed by atoms with Gasteiger partial charge in [-0.3, -0.25) is 10.1 Å². The lowest BCUT2D eigenvalue weighted by Crippen LogP contribution is -2.05. The van der Waals surface area contributed by atoms with Gasteiger partial charge in [0.05, 0.1) is 22.4 Å². The Kier molecular flexibility index (Phi) is 4.52. The number of aromatic nitrogens is 1. The molecule has 0 N–H and O–H groups in total. The molecule has 5 nitrogen and oxygen atoms in total. The fourth-order valence-corrected chi connectivity index (χ4v) is 2.07. The summed E-state index contributed by atoms with van der Waals surface area (Å²) in [7, 11) is 0. The van der Waals surface area contributed by atoms with Crippen molar-refractivity contribution >= 4 is 16.6 Å². The molecular weight excluding hydrogens is 244 g/mol. The van der Waals surface area contributed by atoms with Crippen LogP contribution in [-0.2, 0) is 11.3 Å². The minimum Gasteiger partial charge on any atom is -0.380 e. The number of fused-ring (bicyclic) bond motifs is 1. The van der Waals surface area contributed by atoms with Crippen LogP contribution in [0.25, 0.3) is 10.9 Å². The van der Waals surface area contributed by atoms with Crippen LogP contribution in [0.3, 0.4) is 0 Å². The average Bonchev–Trinajstić information content (AvgIpc) is 2.81. The lowest BCUT2D eigenvalue weighted by Gasteiger charge is -2.06. The number of nitro groups is 1. The largest absolute Gasteiger partial charge is 0.380 e. The molecule has 0 unspecified atom stereocenters. The number of rotatable bonds is 7. The van der Waals surface area contributed by atoms with Crippen LogP contribution < -0.4 is 0 Å². The second kappa shape index (κ2) is 6.33. The minimum absolute atomic E-state index is 0.156. The van der Waals surface area contributed by atoms with Crippen LogP contribution in [0, 0.1) is 10.1 Å². The van der Waals surface area contributed by atoms with E-state index in [0.29, 0.717) is 18.5 Å². The molecule has 0 saturated heterocycles. The predicted octanol–water partition coefficient (Wildman–Crippen LogP) is 3.37. The standard InChI is InChI=1S/C14H18N2O3/c1-2-3-10-19-11-9-15-8-7-12-13(15)5-4-6-14(12)16(17)18/h4-8H,2-3,9-11H2,1H3. The van der Waals surface area contributed by atoms with Crippen molar-refractivity contribution < 1.29 is 9.66 Å². The van der Waals surface area contributed by atoms with Crippen LogP contribution in [0.1, 0.15) is 19.8 Å². The Balaban J connectivity index is 2.08. The lowest BCUT2D eigenvalue weighted by atomic mass is 10.2. The van der Waals surface area contributed by atoms with Gasteiger partial charge in [-0.15, -0.1) is 0 Å². The van der Waals surface area contributed by atoms with Crippen LogP contribution in [-0.4, -0.2) is 22.7 Å². The molecule has 0 aliphatic carbocycles. The summed E-state index contributed by atoms with van der Waals surface area (Å²) >= 11 is 0. The molecule has 0 bridgehead atoms. The molecule has 0 atom stereocenters. The first-order valence-electron chi connectivity index (χ1n) is 6.54. The van der Waals surface area contributed by atoms with E-state index in [-0.39, 0.29) is 10.6 Å². The van der Waals surface area contributed by atoms with Crippen molar-refractivity contribution in [2.75, 3.05) is 13.2 Å². The molecule has 5 heteroatoms. The topological polar surface area (TPSA) is 57.3 Å². The maximum atomic E-state index is 10.9. The van der Waals surface area contributed by atoms with Gasteiger partial charge in [0, 0.05) is 25.4 Å². The maximum Gasteiger partial charge on any atom is 0.278 e. The van der Waals surface area contributed by atoms with E-state index in [1.165, 1.54) is 6.07 Å². The Hall–Kier alpha value is -1.88. The molecule has 102 valence electrons. The Labute approximate surface area is 111 Å². The zero-order chi connectivity index (χ0) is 13.7. The SMILES string of the molecule is CCCCOCCn1ccc2c([N+](=O)[O-])cccc21. The van der Waals surface area contributed by atoms with E-state index in [0.717, 1.165) is 25.0 Å². The van der Waals surface area contributed by atoms with Crippen LogP contribution in [0.2, 0.25) is 0 Å². The molecule has 19 heavy (non-hydrogen) atoms. The van der Waals surface area contributed by atoms with Gasteiger partial charge in [-0.05, 0) is 18.6 Å². The van der Waals surface area contributed by atoms with Gasteiger partial charge >= 0.3 is 0 Å². The number of nitro benzene ring substituents is 1. The summed E-state index contributed by atoms with van der Waals surface area (Å²) < 4.78 is 7.51. The second-order valence-electron chi connectivity index (χ2n) is 4.44. The van der Waals surface area contributed by atoms with Crippen LogP contribution in [0.15, 0.2) is 30.5 Å². The first-order valence-corrected chi connectivity index (χ1v) is 6.54. The first kappa shape index (κ1) is 13.5. The molecule has 0 amide bonds. The average molecular weight is 262 g/mol. The summed E-state index contributed by atoms with van der Waals surface area (Å²) in [5.74, 6) is 0.